The highest BCUT2D eigenvalue weighted by Crippen LogP contribution is 2.34. The Balaban J connectivity index is 1.88. The van der Waals surface area contributed by atoms with Gasteiger partial charge >= 0.3 is 5.97 Å². The van der Waals surface area contributed by atoms with E-state index in [0.29, 0.717) is 0 Å². The van der Waals surface area contributed by atoms with Gasteiger partial charge in [-0.15, -0.1) is 0 Å². The topological polar surface area (TPSA) is 111 Å². The van der Waals surface area contributed by atoms with Crippen LogP contribution in [-0.4, -0.2) is 59.0 Å². The Morgan fingerprint density at radius 3 is 2.18 bits per heavy atom. The maximum Gasteiger partial charge on any atom is 0.340 e. The molecule has 0 atom stereocenters. The summed E-state index contributed by atoms with van der Waals surface area (Å²) in [6, 6.07) is 15.0. The molecule has 0 aliphatic rings. The molecule has 9 nitrogen and oxygen atoms in total. The number of nitrogens with one attached hydrogen (secondary N) is 1. The molecule has 0 fully saturated rings. The second-order valence-electron chi connectivity index (χ2n) is 7.23. The number of ether oxygens (including phenoxy) is 3. The van der Waals surface area contributed by atoms with Crippen LogP contribution in [0.25, 0.3) is 10.8 Å². The average Bonchev–Trinajstić information content (AvgIpc) is 2.85. The Morgan fingerprint density at radius 2 is 1.56 bits per heavy atom. The van der Waals surface area contributed by atoms with Crippen LogP contribution in [0.15, 0.2) is 59.5 Å². The van der Waals surface area contributed by atoms with Crippen LogP contribution in [0.5, 0.6) is 11.5 Å². The standard InChI is InChI=1S/C24H26N2O7S/c1-5-26(34(29,30)18-11-10-16-8-6-7-9-17(16)12-18)15-23(27)25-20-14-22(32-3)21(31-2)13-19(20)24(28)33-4/h6-14H,5,15H2,1-4H3,(H,25,27). The van der Waals surface area contributed by atoms with Crippen LogP contribution in [-0.2, 0) is 19.6 Å². The highest BCUT2D eigenvalue weighted by atomic mass is 32.2. The SMILES string of the molecule is CCN(CC(=O)Nc1cc(OC)c(OC)cc1C(=O)OC)S(=O)(=O)c1ccc2ccccc2c1. The van der Waals surface area contributed by atoms with Crippen molar-refractivity contribution in [3.8, 4) is 11.5 Å². The molecule has 34 heavy (non-hydrogen) atoms. The van der Waals surface area contributed by atoms with Crippen molar-refractivity contribution in [2.75, 3.05) is 39.7 Å². The lowest BCUT2D eigenvalue weighted by Gasteiger charge is -2.21. The fourth-order valence-corrected chi connectivity index (χ4v) is 4.90. The van der Waals surface area contributed by atoms with Gasteiger partial charge in [0, 0.05) is 18.7 Å². The third-order valence-corrected chi connectivity index (χ3v) is 7.15. The minimum absolute atomic E-state index is 0.0361. The van der Waals surface area contributed by atoms with Crippen molar-refractivity contribution >= 4 is 38.4 Å². The van der Waals surface area contributed by atoms with Crippen LogP contribution >= 0.6 is 0 Å². The summed E-state index contributed by atoms with van der Waals surface area (Å²) >= 11 is 0. The first-order valence-corrected chi connectivity index (χ1v) is 11.8. The number of fused-ring (bicyclic) bond motifs is 1. The van der Waals surface area contributed by atoms with E-state index in [1.54, 1.807) is 19.1 Å². The first kappa shape index (κ1) is 25.0. The highest BCUT2D eigenvalue weighted by Gasteiger charge is 2.27. The van der Waals surface area contributed by atoms with E-state index in [9.17, 15) is 18.0 Å². The number of carbonyl (C=O) groups excluding carboxylic acids is 2. The second-order valence-corrected chi connectivity index (χ2v) is 9.17. The molecule has 3 rings (SSSR count). The van der Waals surface area contributed by atoms with Crippen LogP contribution in [0.3, 0.4) is 0 Å². The number of hydrogen-bond donors (Lipinski definition) is 1. The number of methoxy groups -OCH3 is 3. The number of nitrogens with zero attached hydrogens (tertiary/aromatic N) is 1. The number of sulfonamides is 1. The highest BCUT2D eigenvalue weighted by molar-refractivity contribution is 7.89. The van der Waals surface area contributed by atoms with Gasteiger partial charge in [0.1, 0.15) is 0 Å². The van der Waals surface area contributed by atoms with Crippen molar-refractivity contribution in [3.63, 3.8) is 0 Å². The van der Waals surface area contributed by atoms with Gasteiger partial charge in [-0.3, -0.25) is 4.79 Å². The number of likely N-dealkylation sites (N-methyl/N-ethyl adjacent to an activating group) is 1. The smallest absolute Gasteiger partial charge is 0.340 e. The minimum Gasteiger partial charge on any atom is -0.493 e. The van der Waals surface area contributed by atoms with Crippen LogP contribution in [0, 0.1) is 0 Å². The zero-order valence-corrected chi connectivity index (χ0v) is 20.1. The fourth-order valence-electron chi connectivity index (χ4n) is 3.45. The van der Waals surface area contributed by atoms with Gasteiger partial charge in [0.05, 0.1) is 44.0 Å². The lowest BCUT2D eigenvalue weighted by atomic mass is 10.1. The van der Waals surface area contributed by atoms with E-state index in [2.05, 4.69) is 5.32 Å². The predicted molar refractivity (Wildman–Crippen MR) is 128 cm³/mol. The van der Waals surface area contributed by atoms with E-state index in [-0.39, 0.29) is 34.2 Å². The third kappa shape index (κ3) is 5.13. The number of rotatable bonds is 9. The fraction of sp³-hybridized carbons (Fsp3) is 0.250. The molecular weight excluding hydrogens is 460 g/mol. The van der Waals surface area contributed by atoms with E-state index < -0.39 is 28.4 Å². The Kier molecular flexibility index (Phi) is 7.75. The van der Waals surface area contributed by atoms with Gasteiger partial charge in [-0.1, -0.05) is 37.3 Å². The molecule has 0 spiro atoms. The van der Waals surface area contributed by atoms with E-state index in [4.69, 9.17) is 14.2 Å². The van der Waals surface area contributed by atoms with Gasteiger partial charge in [-0.05, 0) is 22.9 Å². The largest absolute Gasteiger partial charge is 0.493 e. The Bertz CT molecular complexity index is 1320. The monoisotopic (exact) mass is 486 g/mol. The van der Waals surface area contributed by atoms with Crippen molar-refractivity contribution < 1.29 is 32.2 Å². The summed E-state index contributed by atoms with van der Waals surface area (Å²) in [6.45, 7) is 1.25. The number of anilines is 1. The van der Waals surface area contributed by atoms with Crippen LogP contribution < -0.4 is 14.8 Å². The minimum atomic E-state index is -3.95. The molecule has 1 amide bonds. The number of esters is 1. The van der Waals surface area contributed by atoms with Crippen LogP contribution in [0.4, 0.5) is 5.69 Å². The van der Waals surface area contributed by atoms with Crippen molar-refractivity contribution in [1.82, 2.24) is 4.31 Å². The molecular formula is C24H26N2O7S. The molecule has 1 N–H and O–H groups in total. The molecule has 0 radical (unpaired) electrons. The molecule has 0 aliphatic carbocycles. The number of hydrogen-bond acceptors (Lipinski definition) is 7. The number of carbonyl (C=O) groups is 2. The van der Waals surface area contributed by atoms with Crippen molar-refractivity contribution in [2.24, 2.45) is 0 Å². The Labute approximate surface area is 198 Å². The normalized spacial score (nSPS) is 11.3. The summed E-state index contributed by atoms with van der Waals surface area (Å²) in [5.41, 5.74) is 0.141. The molecule has 10 heteroatoms. The molecule has 0 aromatic heterocycles. The van der Waals surface area contributed by atoms with Gasteiger partial charge in [-0.25, -0.2) is 13.2 Å². The molecule has 3 aromatic rings. The summed E-state index contributed by atoms with van der Waals surface area (Å²) in [7, 11) is 0.0831. The third-order valence-electron chi connectivity index (χ3n) is 5.23. The summed E-state index contributed by atoms with van der Waals surface area (Å²) < 4.78 is 42.8. The maximum atomic E-state index is 13.2. The van der Waals surface area contributed by atoms with Crippen molar-refractivity contribution in [2.45, 2.75) is 11.8 Å². The lowest BCUT2D eigenvalue weighted by molar-refractivity contribution is -0.116. The maximum absolute atomic E-state index is 13.2. The van der Waals surface area contributed by atoms with Gasteiger partial charge in [0.2, 0.25) is 15.9 Å². The molecule has 0 saturated heterocycles. The predicted octanol–water partition coefficient (Wildman–Crippen LogP) is 3.29. The summed E-state index contributed by atoms with van der Waals surface area (Å²) in [4.78, 5) is 25.2. The molecule has 0 unspecified atom stereocenters. The summed E-state index contributed by atoms with van der Waals surface area (Å²) in [5.74, 6) is -0.785. The van der Waals surface area contributed by atoms with Gasteiger partial charge in [0.15, 0.2) is 11.5 Å². The quantitative estimate of drug-likeness (QED) is 0.462. The molecule has 0 aliphatic heterocycles. The van der Waals surface area contributed by atoms with Crippen molar-refractivity contribution in [1.29, 1.82) is 0 Å². The zero-order valence-electron chi connectivity index (χ0n) is 19.3. The molecule has 3 aromatic carbocycles. The van der Waals surface area contributed by atoms with E-state index in [1.807, 2.05) is 24.3 Å². The first-order chi connectivity index (χ1) is 16.2. The van der Waals surface area contributed by atoms with Crippen LogP contribution in [0.1, 0.15) is 17.3 Å². The number of amides is 1. The second kappa shape index (κ2) is 10.5. The van der Waals surface area contributed by atoms with Gasteiger partial charge in [-0.2, -0.15) is 4.31 Å². The lowest BCUT2D eigenvalue weighted by Crippen LogP contribution is -2.38. The van der Waals surface area contributed by atoms with Crippen LogP contribution in [0.2, 0.25) is 0 Å². The Hall–Kier alpha value is -3.63. The van der Waals surface area contributed by atoms with Crippen molar-refractivity contribution in [3.05, 3.63) is 60.2 Å². The summed E-state index contributed by atoms with van der Waals surface area (Å²) in [5, 5.41) is 4.27. The van der Waals surface area contributed by atoms with E-state index in [0.717, 1.165) is 15.1 Å². The Morgan fingerprint density at radius 1 is 0.912 bits per heavy atom. The number of benzene rings is 3. The average molecular weight is 487 g/mol. The zero-order chi connectivity index (χ0) is 24.9. The van der Waals surface area contributed by atoms with E-state index in [1.165, 1.54) is 39.5 Å². The van der Waals surface area contributed by atoms with E-state index >= 15 is 0 Å². The molecule has 0 saturated carbocycles. The summed E-state index contributed by atoms with van der Waals surface area (Å²) in [6.07, 6.45) is 0. The first-order valence-electron chi connectivity index (χ1n) is 10.4. The molecule has 0 heterocycles. The molecule has 180 valence electrons. The van der Waals surface area contributed by atoms with Gasteiger partial charge in [0.25, 0.3) is 0 Å². The van der Waals surface area contributed by atoms with Gasteiger partial charge < -0.3 is 19.5 Å². The molecule has 0 bridgehead atoms.